The van der Waals surface area contributed by atoms with Gasteiger partial charge < -0.3 is 10.6 Å². The SMILES string of the molecule is O=C1NCCn2nc3c(c21)CC(NCc1ccc(F)cc1)CC3. The Morgan fingerprint density at radius 2 is 2.17 bits per heavy atom. The molecule has 6 heteroatoms. The first kappa shape index (κ1) is 14.4. The van der Waals surface area contributed by atoms with Crippen LogP contribution in [0, 0.1) is 5.82 Å². The van der Waals surface area contributed by atoms with Crippen molar-refractivity contribution in [2.45, 2.75) is 38.4 Å². The van der Waals surface area contributed by atoms with Gasteiger partial charge in [-0.1, -0.05) is 12.1 Å². The maximum absolute atomic E-state index is 12.9. The summed E-state index contributed by atoms with van der Waals surface area (Å²) >= 11 is 0. The van der Waals surface area contributed by atoms with E-state index in [1.165, 1.54) is 12.1 Å². The van der Waals surface area contributed by atoms with Gasteiger partial charge in [-0.05, 0) is 37.0 Å². The second-order valence-corrected chi connectivity index (χ2v) is 6.20. The maximum atomic E-state index is 12.9. The predicted octanol–water partition coefficient (Wildman–Crippen LogP) is 1.41. The van der Waals surface area contributed by atoms with Crippen molar-refractivity contribution in [2.75, 3.05) is 6.54 Å². The molecule has 0 fully saturated rings. The van der Waals surface area contributed by atoms with Crippen molar-refractivity contribution in [3.8, 4) is 0 Å². The fourth-order valence-electron chi connectivity index (χ4n) is 3.44. The van der Waals surface area contributed by atoms with E-state index in [-0.39, 0.29) is 11.7 Å². The van der Waals surface area contributed by atoms with Gasteiger partial charge in [0.05, 0.1) is 12.2 Å². The molecule has 1 aliphatic carbocycles. The first-order valence-corrected chi connectivity index (χ1v) is 8.05. The minimum absolute atomic E-state index is 0.0100. The summed E-state index contributed by atoms with van der Waals surface area (Å²) in [5, 5.41) is 11.0. The van der Waals surface area contributed by atoms with Crippen LogP contribution in [0.25, 0.3) is 0 Å². The van der Waals surface area contributed by atoms with Gasteiger partial charge in [0.25, 0.3) is 5.91 Å². The summed E-state index contributed by atoms with van der Waals surface area (Å²) in [6, 6.07) is 6.87. The van der Waals surface area contributed by atoms with Crippen LogP contribution < -0.4 is 10.6 Å². The molecule has 1 aromatic carbocycles. The van der Waals surface area contributed by atoms with Gasteiger partial charge in [0.15, 0.2) is 0 Å². The number of aryl methyl sites for hydroxylation is 1. The second-order valence-electron chi connectivity index (χ2n) is 6.20. The van der Waals surface area contributed by atoms with Crippen LogP contribution in [-0.2, 0) is 25.9 Å². The Balaban J connectivity index is 1.47. The lowest BCUT2D eigenvalue weighted by Gasteiger charge is -2.24. The monoisotopic (exact) mass is 314 g/mol. The van der Waals surface area contributed by atoms with E-state index in [0.717, 1.165) is 48.3 Å². The molecule has 1 amide bonds. The summed E-state index contributed by atoms with van der Waals surface area (Å²) in [4.78, 5) is 12.1. The highest BCUT2D eigenvalue weighted by Gasteiger charge is 2.30. The van der Waals surface area contributed by atoms with Crippen LogP contribution in [0.3, 0.4) is 0 Å². The zero-order chi connectivity index (χ0) is 15.8. The molecule has 120 valence electrons. The molecule has 4 rings (SSSR count). The predicted molar refractivity (Wildman–Crippen MR) is 83.6 cm³/mol. The van der Waals surface area contributed by atoms with E-state index in [1.54, 1.807) is 12.1 Å². The van der Waals surface area contributed by atoms with Crippen LogP contribution in [0.1, 0.15) is 33.7 Å². The van der Waals surface area contributed by atoms with Gasteiger partial charge in [0.1, 0.15) is 11.5 Å². The lowest BCUT2D eigenvalue weighted by atomic mass is 9.91. The van der Waals surface area contributed by atoms with E-state index >= 15 is 0 Å². The number of amides is 1. The Morgan fingerprint density at radius 3 is 3.00 bits per heavy atom. The molecule has 5 nitrogen and oxygen atoms in total. The molecule has 0 bridgehead atoms. The topological polar surface area (TPSA) is 59.0 Å². The Labute approximate surface area is 133 Å². The molecular weight excluding hydrogens is 295 g/mol. The van der Waals surface area contributed by atoms with Crippen molar-refractivity contribution in [1.82, 2.24) is 20.4 Å². The molecule has 1 atom stereocenters. The number of aromatic nitrogens is 2. The second kappa shape index (κ2) is 5.77. The molecule has 0 saturated heterocycles. The fraction of sp³-hybridized carbons (Fsp3) is 0.412. The van der Waals surface area contributed by atoms with Crippen molar-refractivity contribution >= 4 is 5.91 Å². The molecular formula is C17H19FN4O. The first-order valence-electron chi connectivity index (χ1n) is 8.05. The zero-order valence-electron chi connectivity index (χ0n) is 12.8. The van der Waals surface area contributed by atoms with E-state index in [0.29, 0.717) is 19.1 Å². The summed E-state index contributed by atoms with van der Waals surface area (Å²) < 4.78 is 14.8. The first-order chi connectivity index (χ1) is 11.2. The molecule has 1 aliphatic heterocycles. The van der Waals surface area contributed by atoms with Crippen LogP contribution >= 0.6 is 0 Å². The molecule has 23 heavy (non-hydrogen) atoms. The lowest BCUT2D eigenvalue weighted by molar-refractivity contribution is 0.0923. The number of fused-ring (bicyclic) bond motifs is 3. The van der Waals surface area contributed by atoms with E-state index in [9.17, 15) is 9.18 Å². The summed E-state index contributed by atoms with van der Waals surface area (Å²) in [5.74, 6) is -0.224. The summed E-state index contributed by atoms with van der Waals surface area (Å²) in [5.41, 5.74) is 3.95. The molecule has 2 heterocycles. The van der Waals surface area contributed by atoms with E-state index < -0.39 is 0 Å². The highest BCUT2D eigenvalue weighted by atomic mass is 19.1. The minimum Gasteiger partial charge on any atom is -0.349 e. The number of nitrogens with zero attached hydrogens (tertiary/aromatic N) is 2. The maximum Gasteiger partial charge on any atom is 0.269 e. The third-order valence-corrected chi connectivity index (χ3v) is 4.65. The number of carbonyl (C=O) groups excluding carboxylic acids is 1. The molecule has 0 radical (unpaired) electrons. The number of hydrogen-bond acceptors (Lipinski definition) is 3. The van der Waals surface area contributed by atoms with Crippen molar-refractivity contribution in [3.05, 3.63) is 52.6 Å². The number of halogens is 1. The van der Waals surface area contributed by atoms with Crippen molar-refractivity contribution in [3.63, 3.8) is 0 Å². The quantitative estimate of drug-likeness (QED) is 0.901. The van der Waals surface area contributed by atoms with E-state index in [2.05, 4.69) is 15.7 Å². The summed E-state index contributed by atoms with van der Waals surface area (Å²) in [7, 11) is 0. The summed E-state index contributed by atoms with van der Waals surface area (Å²) in [6.45, 7) is 2.11. The van der Waals surface area contributed by atoms with Crippen LogP contribution in [0.2, 0.25) is 0 Å². The van der Waals surface area contributed by atoms with Gasteiger partial charge in [0.2, 0.25) is 0 Å². The highest BCUT2D eigenvalue weighted by Crippen LogP contribution is 2.25. The average Bonchev–Trinajstić information content (AvgIpc) is 2.93. The smallest absolute Gasteiger partial charge is 0.269 e. The Bertz CT molecular complexity index is 738. The molecule has 2 aromatic rings. The van der Waals surface area contributed by atoms with Gasteiger partial charge in [-0.25, -0.2) is 4.39 Å². The standard InChI is InChI=1S/C17H19FN4O/c18-12-3-1-11(2-4-12)10-20-13-5-6-15-14(9-13)16-17(23)19-7-8-22(16)21-15/h1-4,13,20H,5-10H2,(H,19,23). The molecule has 2 aliphatic rings. The fourth-order valence-corrected chi connectivity index (χ4v) is 3.44. The van der Waals surface area contributed by atoms with Crippen LogP contribution in [-0.4, -0.2) is 28.3 Å². The molecule has 2 N–H and O–H groups in total. The molecule has 0 spiro atoms. The Hall–Kier alpha value is -2.21. The third-order valence-electron chi connectivity index (χ3n) is 4.65. The largest absolute Gasteiger partial charge is 0.349 e. The van der Waals surface area contributed by atoms with Gasteiger partial charge in [0, 0.05) is 24.7 Å². The highest BCUT2D eigenvalue weighted by molar-refractivity contribution is 5.95. The van der Waals surface area contributed by atoms with Gasteiger partial charge >= 0.3 is 0 Å². The van der Waals surface area contributed by atoms with Crippen LogP contribution in [0.4, 0.5) is 4.39 Å². The number of nitrogens with one attached hydrogen (secondary N) is 2. The third kappa shape index (κ3) is 2.74. The van der Waals surface area contributed by atoms with Gasteiger partial charge in [-0.2, -0.15) is 5.10 Å². The van der Waals surface area contributed by atoms with E-state index in [1.807, 2.05) is 4.68 Å². The number of rotatable bonds is 3. The van der Waals surface area contributed by atoms with Crippen molar-refractivity contribution in [1.29, 1.82) is 0 Å². The Morgan fingerprint density at radius 1 is 1.35 bits per heavy atom. The molecule has 1 unspecified atom stereocenters. The van der Waals surface area contributed by atoms with Crippen LogP contribution in [0.5, 0.6) is 0 Å². The summed E-state index contributed by atoms with van der Waals surface area (Å²) in [6.07, 6.45) is 2.72. The van der Waals surface area contributed by atoms with Gasteiger partial charge in [-0.15, -0.1) is 0 Å². The lowest BCUT2D eigenvalue weighted by Crippen LogP contribution is -2.38. The number of benzene rings is 1. The van der Waals surface area contributed by atoms with E-state index in [4.69, 9.17) is 0 Å². The van der Waals surface area contributed by atoms with Gasteiger partial charge in [-0.3, -0.25) is 9.48 Å². The zero-order valence-corrected chi connectivity index (χ0v) is 12.8. The van der Waals surface area contributed by atoms with Crippen molar-refractivity contribution < 1.29 is 9.18 Å². The number of carbonyl (C=O) groups is 1. The van der Waals surface area contributed by atoms with Crippen LogP contribution in [0.15, 0.2) is 24.3 Å². The average molecular weight is 314 g/mol. The number of hydrogen-bond donors (Lipinski definition) is 2. The molecule has 0 saturated carbocycles. The normalized spacial score (nSPS) is 19.9. The Kier molecular flexibility index (Phi) is 3.61. The van der Waals surface area contributed by atoms with Crippen molar-refractivity contribution in [2.24, 2.45) is 0 Å². The molecule has 1 aromatic heterocycles. The minimum atomic E-state index is -0.214.